The van der Waals surface area contributed by atoms with Crippen molar-refractivity contribution in [3.8, 4) is 0 Å². The summed E-state index contributed by atoms with van der Waals surface area (Å²) in [6.45, 7) is 0. The Morgan fingerprint density at radius 1 is 1.06 bits per heavy atom. The molecular weight excluding hydrogens is 248 g/mol. The standard InChI is InChI=1S/C14H9ClN2O/c15-12-7-6-10-8-11(18)13(17-14(10)16-12)9-4-2-1-3-5-9/h1-7H,8H2. The van der Waals surface area contributed by atoms with Crippen molar-refractivity contribution in [3.05, 3.63) is 58.7 Å². The maximum atomic E-state index is 12.1. The Balaban J connectivity index is 2.13. The van der Waals surface area contributed by atoms with E-state index in [1.807, 2.05) is 30.3 Å². The molecule has 1 aliphatic rings. The molecule has 0 fully saturated rings. The number of carbonyl (C=O) groups is 1. The minimum Gasteiger partial charge on any atom is -0.292 e. The van der Waals surface area contributed by atoms with Crippen molar-refractivity contribution in [2.75, 3.05) is 0 Å². The SMILES string of the molecule is O=C1Cc2ccc(Cl)nc2N=C1c1ccccc1. The zero-order valence-electron chi connectivity index (χ0n) is 9.43. The van der Waals surface area contributed by atoms with Crippen LogP contribution >= 0.6 is 11.6 Å². The predicted octanol–water partition coefficient (Wildman–Crippen LogP) is 2.98. The molecule has 0 saturated carbocycles. The zero-order valence-corrected chi connectivity index (χ0v) is 10.2. The normalized spacial score (nSPS) is 14.1. The highest BCUT2D eigenvalue weighted by molar-refractivity contribution is 6.47. The average molecular weight is 257 g/mol. The van der Waals surface area contributed by atoms with Gasteiger partial charge < -0.3 is 0 Å². The van der Waals surface area contributed by atoms with Crippen LogP contribution in [0.1, 0.15) is 11.1 Å². The number of hydrogen-bond acceptors (Lipinski definition) is 3. The molecule has 3 rings (SSSR count). The maximum Gasteiger partial charge on any atom is 0.186 e. The molecule has 4 heteroatoms. The summed E-state index contributed by atoms with van der Waals surface area (Å²) in [6, 6.07) is 12.9. The van der Waals surface area contributed by atoms with Crippen LogP contribution in [0.4, 0.5) is 5.82 Å². The number of benzene rings is 1. The molecule has 1 aromatic heterocycles. The Bertz CT molecular complexity index is 650. The first-order chi connectivity index (χ1) is 8.74. The Kier molecular flexibility index (Phi) is 2.68. The molecule has 18 heavy (non-hydrogen) atoms. The number of nitrogens with zero attached hydrogens (tertiary/aromatic N) is 2. The third-order valence-electron chi connectivity index (χ3n) is 2.80. The Hall–Kier alpha value is -2.00. The number of aromatic nitrogens is 1. The van der Waals surface area contributed by atoms with Gasteiger partial charge in [-0.2, -0.15) is 0 Å². The number of ketones is 1. The van der Waals surface area contributed by atoms with Gasteiger partial charge in [0.15, 0.2) is 11.6 Å². The summed E-state index contributed by atoms with van der Waals surface area (Å²) in [5.74, 6) is 0.554. The van der Waals surface area contributed by atoms with Gasteiger partial charge in [-0.25, -0.2) is 9.98 Å². The smallest absolute Gasteiger partial charge is 0.186 e. The number of fused-ring (bicyclic) bond motifs is 1. The first-order valence-electron chi connectivity index (χ1n) is 5.57. The highest BCUT2D eigenvalue weighted by Crippen LogP contribution is 2.25. The highest BCUT2D eigenvalue weighted by atomic mass is 35.5. The second kappa shape index (κ2) is 4.35. The van der Waals surface area contributed by atoms with Gasteiger partial charge in [-0.05, 0) is 6.07 Å². The molecule has 88 valence electrons. The number of hydrogen-bond donors (Lipinski definition) is 0. The van der Waals surface area contributed by atoms with E-state index in [-0.39, 0.29) is 5.78 Å². The first-order valence-corrected chi connectivity index (χ1v) is 5.94. The molecule has 0 amide bonds. The Morgan fingerprint density at radius 3 is 2.61 bits per heavy atom. The maximum absolute atomic E-state index is 12.1. The van der Waals surface area contributed by atoms with Crippen LogP contribution in [0.25, 0.3) is 0 Å². The average Bonchev–Trinajstić information content (AvgIpc) is 2.39. The van der Waals surface area contributed by atoms with Crippen molar-refractivity contribution in [2.24, 2.45) is 4.99 Å². The van der Waals surface area contributed by atoms with Crippen LogP contribution in [0.3, 0.4) is 0 Å². The van der Waals surface area contributed by atoms with Crippen LogP contribution in [-0.4, -0.2) is 16.5 Å². The molecule has 2 aromatic rings. The third-order valence-corrected chi connectivity index (χ3v) is 3.01. The van der Waals surface area contributed by atoms with E-state index in [1.54, 1.807) is 12.1 Å². The van der Waals surface area contributed by atoms with E-state index < -0.39 is 0 Å². The fraction of sp³-hybridized carbons (Fsp3) is 0.0714. The summed E-state index contributed by atoms with van der Waals surface area (Å²) < 4.78 is 0. The number of rotatable bonds is 1. The summed E-state index contributed by atoms with van der Waals surface area (Å²) in [6.07, 6.45) is 0.327. The fourth-order valence-electron chi connectivity index (χ4n) is 1.94. The number of halogens is 1. The van der Waals surface area contributed by atoms with Crippen molar-refractivity contribution in [3.63, 3.8) is 0 Å². The molecule has 0 atom stereocenters. The van der Waals surface area contributed by atoms with Crippen LogP contribution in [0.5, 0.6) is 0 Å². The first kappa shape index (κ1) is 11.1. The molecule has 0 saturated heterocycles. The van der Waals surface area contributed by atoms with Gasteiger partial charge in [0, 0.05) is 17.5 Å². The van der Waals surface area contributed by atoms with E-state index in [4.69, 9.17) is 11.6 Å². The molecule has 1 aliphatic heterocycles. The van der Waals surface area contributed by atoms with Crippen LogP contribution in [0.2, 0.25) is 5.15 Å². The molecule has 0 N–H and O–H groups in total. The van der Waals surface area contributed by atoms with E-state index in [2.05, 4.69) is 9.98 Å². The summed E-state index contributed by atoms with van der Waals surface area (Å²) >= 11 is 5.84. The van der Waals surface area contributed by atoms with Crippen molar-refractivity contribution >= 4 is 28.9 Å². The van der Waals surface area contributed by atoms with Crippen LogP contribution in [0, 0.1) is 0 Å². The van der Waals surface area contributed by atoms with Gasteiger partial charge in [0.25, 0.3) is 0 Å². The second-order valence-corrected chi connectivity index (χ2v) is 4.43. The third kappa shape index (κ3) is 1.93. The molecule has 0 aliphatic carbocycles. The van der Waals surface area contributed by atoms with Gasteiger partial charge in [0.05, 0.1) is 0 Å². The van der Waals surface area contributed by atoms with Crippen molar-refractivity contribution in [2.45, 2.75) is 6.42 Å². The summed E-state index contributed by atoms with van der Waals surface area (Å²) in [4.78, 5) is 20.5. The van der Waals surface area contributed by atoms with E-state index in [0.29, 0.717) is 23.1 Å². The van der Waals surface area contributed by atoms with Crippen molar-refractivity contribution in [1.82, 2.24) is 4.98 Å². The van der Waals surface area contributed by atoms with Crippen molar-refractivity contribution < 1.29 is 4.79 Å². The van der Waals surface area contributed by atoms with E-state index in [1.165, 1.54) is 0 Å². The van der Waals surface area contributed by atoms with Gasteiger partial charge >= 0.3 is 0 Å². The second-order valence-electron chi connectivity index (χ2n) is 4.04. The van der Waals surface area contributed by atoms with Gasteiger partial charge in [-0.15, -0.1) is 0 Å². The lowest BCUT2D eigenvalue weighted by atomic mass is 9.98. The van der Waals surface area contributed by atoms with Gasteiger partial charge in [0.2, 0.25) is 0 Å². The molecule has 0 unspecified atom stereocenters. The largest absolute Gasteiger partial charge is 0.292 e. The minimum atomic E-state index is 0.0119. The lowest BCUT2D eigenvalue weighted by Gasteiger charge is -2.13. The zero-order chi connectivity index (χ0) is 12.5. The van der Waals surface area contributed by atoms with E-state index in [0.717, 1.165) is 11.1 Å². The Morgan fingerprint density at radius 2 is 1.83 bits per heavy atom. The summed E-state index contributed by atoms with van der Waals surface area (Å²) in [5.41, 5.74) is 2.09. The molecular formula is C14H9ClN2O. The van der Waals surface area contributed by atoms with Gasteiger partial charge in [-0.3, -0.25) is 4.79 Å². The lowest BCUT2D eigenvalue weighted by Crippen LogP contribution is -2.21. The fourth-order valence-corrected chi connectivity index (χ4v) is 2.08. The summed E-state index contributed by atoms with van der Waals surface area (Å²) in [5, 5.41) is 0.388. The quantitative estimate of drug-likeness (QED) is 0.736. The summed E-state index contributed by atoms with van der Waals surface area (Å²) in [7, 11) is 0. The molecule has 2 heterocycles. The van der Waals surface area contributed by atoms with E-state index >= 15 is 0 Å². The predicted molar refractivity (Wildman–Crippen MR) is 70.6 cm³/mol. The number of pyridine rings is 1. The van der Waals surface area contributed by atoms with Gasteiger partial charge in [-0.1, -0.05) is 48.0 Å². The number of aliphatic imine (C=N–C) groups is 1. The van der Waals surface area contributed by atoms with Crippen LogP contribution < -0.4 is 0 Å². The highest BCUT2D eigenvalue weighted by Gasteiger charge is 2.22. The molecule has 3 nitrogen and oxygen atoms in total. The number of Topliss-reactive ketones (excluding diaryl/α,β-unsaturated/α-hetero) is 1. The van der Waals surface area contributed by atoms with E-state index in [9.17, 15) is 4.79 Å². The number of carbonyl (C=O) groups excluding carboxylic acids is 1. The van der Waals surface area contributed by atoms with Crippen LogP contribution in [0.15, 0.2) is 47.5 Å². The molecule has 0 bridgehead atoms. The van der Waals surface area contributed by atoms with Gasteiger partial charge in [0.1, 0.15) is 10.9 Å². The molecule has 1 aromatic carbocycles. The topological polar surface area (TPSA) is 42.3 Å². The minimum absolute atomic E-state index is 0.0119. The van der Waals surface area contributed by atoms with Crippen LogP contribution in [-0.2, 0) is 11.2 Å². The Labute approximate surface area is 109 Å². The molecule has 0 radical (unpaired) electrons. The van der Waals surface area contributed by atoms with Crippen molar-refractivity contribution in [1.29, 1.82) is 0 Å². The molecule has 0 spiro atoms. The lowest BCUT2D eigenvalue weighted by molar-refractivity contribution is -0.112. The monoisotopic (exact) mass is 256 g/mol.